The van der Waals surface area contributed by atoms with Gasteiger partial charge in [-0.3, -0.25) is 14.4 Å². The number of hydrogen-bond acceptors (Lipinski definition) is 5. The number of ether oxygens (including phenoxy) is 1. The number of rotatable bonds is 11. The Labute approximate surface area is 213 Å². The summed E-state index contributed by atoms with van der Waals surface area (Å²) in [5.74, 6) is 0.990. The molecule has 4 amide bonds. The molecule has 0 saturated heterocycles. The maximum absolute atomic E-state index is 13.9. The molecule has 0 aromatic heterocycles. The number of unbranched alkanes of at least 4 members (excludes halogenated alkanes) is 1. The van der Waals surface area contributed by atoms with E-state index in [4.69, 9.17) is 16.9 Å². The summed E-state index contributed by atoms with van der Waals surface area (Å²) >= 11 is 0. The zero-order valence-electron chi connectivity index (χ0n) is 21.8. The molecule has 2 rings (SSSR count). The molecule has 1 aromatic carbocycles. The zero-order chi connectivity index (χ0) is 27.0. The first-order chi connectivity index (χ1) is 16.9. The second kappa shape index (κ2) is 12.4. The molecule has 0 bridgehead atoms. The van der Waals surface area contributed by atoms with E-state index in [0.29, 0.717) is 24.1 Å². The summed E-state index contributed by atoms with van der Waals surface area (Å²) in [5.41, 5.74) is 5.82. The van der Waals surface area contributed by atoms with E-state index in [-0.39, 0.29) is 17.9 Å². The summed E-state index contributed by atoms with van der Waals surface area (Å²) < 4.78 is 5.29. The number of nitrogens with zero attached hydrogens (tertiary/aromatic N) is 1. The number of amides is 4. The minimum Gasteiger partial charge on any atom is -0.444 e. The standard InChI is InChI=1S/C27H38N4O5/c1-7-9-14-29-24(33)23(19-12-10-18(8-2)11-13-19)31(21-15-17(21)3)25(34)20(16-22(28)32)30-26(35)36-27(4,5)6/h2,10-13,17,20-21,23H,7,9,14-16H2,1,3-6H3,(H2,28,32)(H,29,33)(H,30,35). The Morgan fingerprint density at radius 1 is 1.22 bits per heavy atom. The van der Waals surface area contributed by atoms with Gasteiger partial charge in [0.15, 0.2) is 0 Å². The van der Waals surface area contributed by atoms with Crippen molar-refractivity contribution >= 4 is 23.8 Å². The molecular formula is C27H38N4O5. The van der Waals surface area contributed by atoms with Crippen LogP contribution in [-0.4, -0.2) is 52.9 Å². The molecule has 0 spiro atoms. The van der Waals surface area contributed by atoms with E-state index in [2.05, 4.69) is 16.6 Å². The first-order valence-corrected chi connectivity index (χ1v) is 12.3. The molecule has 1 aliphatic rings. The molecule has 0 heterocycles. The molecule has 36 heavy (non-hydrogen) atoms. The van der Waals surface area contributed by atoms with Gasteiger partial charge in [-0.1, -0.05) is 38.3 Å². The summed E-state index contributed by atoms with van der Waals surface area (Å²) in [6, 6.07) is 4.34. The van der Waals surface area contributed by atoms with Gasteiger partial charge in [0.2, 0.25) is 17.7 Å². The normalized spacial score (nSPS) is 18.2. The van der Waals surface area contributed by atoms with Crippen molar-refractivity contribution in [2.75, 3.05) is 6.54 Å². The molecule has 4 atom stereocenters. The summed E-state index contributed by atoms with van der Waals surface area (Å²) in [7, 11) is 0. The SMILES string of the molecule is C#Cc1ccc(C(C(=O)NCCCC)N(C(=O)C(CC(N)=O)NC(=O)OC(C)(C)C)C2CC2C)cc1. The third kappa shape index (κ3) is 8.29. The van der Waals surface area contributed by atoms with E-state index in [9.17, 15) is 19.2 Å². The highest BCUT2D eigenvalue weighted by atomic mass is 16.6. The van der Waals surface area contributed by atoms with Crippen LogP contribution in [0.2, 0.25) is 0 Å². The van der Waals surface area contributed by atoms with Gasteiger partial charge in [-0.25, -0.2) is 4.79 Å². The smallest absolute Gasteiger partial charge is 0.408 e. The van der Waals surface area contributed by atoms with Crippen molar-refractivity contribution in [1.82, 2.24) is 15.5 Å². The summed E-state index contributed by atoms with van der Waals surface area (Å²) in [4.78, 5) is 53.2. The van der Waals surface area contributed by atoms with Crippen molar-refractivity contribution in [3.8, 4) is 12.3 Å². The Bertz CT molecular complexity index is 993. The van der Waals surface area contributed by atoms with Gasteiger partial charge in [0.25, 0.3) is 0 Å². The first kappa shape index (κ1) is 28.7. The van der Waals surface area contributed by atoms with Gasteiger partial charge in [0, 0.05) is 18.2 Å². The lowest BCUT2D eigenvalue weighted by atomic mass is 10.00. The largest absolute Gasteiger partial charge is 0.444 e. The maximum Gasteiger partial charge on any atom is 0.408 e. The number of nitrogens with one attached hydrogen (secondary N) is 2. The molecule has 1 aromatic rings. The predicted molar refractivity (Wildman–Crippen MR) is 136 cm³/mol. The van der Waals surface area contributed by atoms with Crippen LogP contribution in [0.15, 0.2) is 24.3 Å². The Morgan fingerprint density at radius 3 is 2.31 bits per heavy atom. The van der Waals surface area contributed by atoms with Crippen molar-refractivity contribution in [3.63, 3.8) is 0 Å². The highest BCUT2D eigenvalue weighted by Crippen LogP contribution is 2.40. The van der Waals surface area contributed by atoms with E-state index >= 15 is 0 Å². The summed E-state index contributed by atoms with van der Waals surface area (Å²) in [5, 5.41) is 5.41. The number of primary amides is 1. The Balaban J connectivity index is 2.47. The van der Waals surface area contributed by atoms with Crippen LogP contribution in [-0.2, 0) is 19.1 Å². The highest BCUT2D eigenvalue weighted by molar-refractivity contribution is 5.95. The second-order valence-corrected chi connectivity index (χ2v) is 10.2. The molecule has 9 nitrogen and oxygen atoms in total. The predicted octanol–water partition coefficient (Wildman–Crippen LogP) is 2.63. The molecule has 196 valence electrons. The van der Waals surface area contributed by atoms with E-state index < -0.39 is 42.0 Å². The topological polar surface area (TPSA) is 131 Å². The molecule has 9 heteroatoms. The lowest BCUT2D eigenvalue weighted by molar-refractivity contribution is -0.144. The first-order valence-electron chi connectivity index (χ1n) is 12.3. The van der Waals surface area contributed by atoms with E-state index in [0.717, 1.165) is 12.8 Å². The van der Waals surface area contributed by atoms with Crippen LogP contribution in [0.3, 0.4) is 0 Å². The van der Waals surface area contributed by atoms with Gasteiger partial charge in [0.1, 0.15) is 17.7 Å². The molecule has 0 radical (unpaired) electrons. The van der Waals surface area contributed by atoms with Gasteiger partial charge in [0.05, 0.1) is 6.42 Å². The average Bonchev–Trinajstić information content (AvgIpc) is 3.50. The summed E-state index contributed by atoms with van der Waals surface area (Å²) in [6.45, 7) is 9.51. The molecule has 1 aliphatic carbocycles. The van der Waals surface area contributed by atoms with Crippen LogP contribution >= 0.6 is 0 Å². The molecular weight excluding hydrogens is 460 g/mol. The van der Waals surface area contributed by atoms with Crippen molar-refractivity contribution in [1.29, 1.82) is 0 Å². The minimum atomic E-state index is -1.29. The average molecular weight is 499 g/mol. The van der Waals surface area contributed by atoms with Crippen LogP contribution in [0.25, 0.3) is 0 Å². The van der Waals surface area contributed by atoms with Gasteiger partial charge in [-0.05, 0) is 57.2 Å². The molecule has 1 saturated carbocycles. The fourth-order valence-electron chi connectivity index (χ4n) is 3.89. The monoisotopic (exact) mass is 498 g/mol. The number of hydrogen-bond donors (Lipinski definition) is 3. The molecule has 4 N–H and O–H groups in total. The van der Waals surface area contributed by atoms with Crippen molar-refractivity contribution in [3.05, 3.63) is 35.4 Å². The van der Waals surface area contributed by atoms with Crippen molar-refractivity contribution < 1.29 is 23.9 Å². The number of benzene rings is 1. The third-order valence-corrected chi connectivity index (χ3v) is 5.82. The third-order valence-electron chi connectivity index (χ3n) is 5.82. The number of carbonyl (C=O) groups is 4. The van der Waals surface area contributed by atoms with Gasteiger partial charge in [-0.2, -0.15) is 0 Å². The number of alkyl carbamates (subject to hydrolysis) is 1. The van der Waals surface area contributed by atoms with Crippen LogP contribution in [0.5, 0.6) is 0 Å². The number of terminal acetylenes is 1. The quantitative estimate of drug-likeness (QED) is 0.319. The second-order valence-electron chi connectivity index (χ2n) is 10.2. The van der Waals surface area contributed by atoms with Crippen LogP contribution in [0, 0.1) is 18.3 Å². The highest BCUT2D eigenvalue weighted by Gasteiger charge is 2.48. The van der Waals surface area contributed by atoms with Crippen LogP contribution in [0.4, 0.5) is 4.79 Å². The Morgan fingerprint density at radius 2 is 1.83 bits per heavy atom. The molecule has 1 fully saturated rings. The van der Waals surface area contributed by atoms with E-state index in [1.54, 1.807) is 45.0 Å². The lowest BCUT2D eigenvalue weighted by Gasteiger charge is -2.35. The Hall–Kier alpha value is -3.54. The van der Waals surface area contributed by atoms with Crippen LogP contribution in [0.1, 0.15) is 77.5 Å². The van der Waals surface area contributed by atoms with Crippen LogP contribution < -0.4 is 16.4 Å². The summed E-state index contributed by atoms with van der Waals surface area (Å²) in [6.07, 6.45) is 6.56. The van der Waals surface area contributed by atoms with Gasteiger partial charge in [-0.15, -0.1) is 6.42 Å². The lowest BCUT2D eigenvalue weighted by Crippen LogP contribution is -2.55. The molecule has 4 unspecified atom stereocenters. The van der Waals surface area contributed by atoms with Gasteiger partial charge < -0.3 is 26.0 Å². The maximum atomic E-state index is 13.9. The van der Waals surface area contributed by atoms with Crippen molar-refractivity contribution in [2.24, 2.45) is 11.7 Å². The minimum absolute atomic E-state index is 0.139. The number of nitrogens with two attached hydrogens (primary N) is 1. The van der Waals surface area contributed by atoms with E-state index in [1.165, 1.54) is 4.90 Å². The Kier molecular flexibility index (Phi) is 9.91. The van der Waals surface area contributed by atoms with E-state index in [1.807, 2.05) is 13.8 Å². The fraction of sp³-hybridized carbons (Fsp3) is 0.556. The van der Waals surface area contributed by atoms with Gasteiger partial charge >= 0.3 is 6.09 Å². The number of carbonyl (C=O) groups excluding carboxylic acids is 4. The molecule has 0 aliphatic heterocycles. The zero-order valence-corrected chi connectivity index (χ0v) is 21.8. The van der Waals surface area contributed by atoms with Crippen molar-refractivity contribution in [2.45, 2.75) is 84.0 Å². The fourth-order valence-corrected chi connectivity index (χ4v) is 3.89.